The van der Waals surface area contributed by atoms with Crippen LogP contribution >= 0.6 is 11.6 Å². The van der Waals surface area contributed by atoms with E-state index >= 15 is 4.79 Å². The molecule has 274 valence electrons. The summed E-state index contributed by atoms with van der Waals surface area (Å²) in [5, 5.41) is 14.6. The molecule has 6 rings (SSSR count). The van der Waals surface area contributed by atoms with Crippen molar-refractivity contribution in [2.45, 2.75) is 60.8 Å². The van der Waals surface area contributed by atoms with Crippen LogP contribution in [0.5, 0.6) is 17.2 Å². The normalized spacial score (nSPS) is 22.2. The molecule has 2 aliphatic heterocycles. The van der Waals surface area contributed by atoms with Crippen LogP contribution in [0, 0.1) is 0 Å². The fourth-order valence-corrected chi connectivity index (χ4v) is 8.56. The second-order valence-electron chi connectivity index (χ2n) is 12.8. The van der Waals surface area contributed by atoms with Gasteiger partial charge in [-0.25, -0.2) is 12.7 Å². The van der Waals surface area contributed by atoms with Crippen molar-refractivity contribution in [1.82, 2.24) is 15.1 Å². The van der Waals surface area contributed by atoms with E-state index in [0.29, 0.717) is 22.5 Å². The molecule has 1 saturated carbocycles. The van der Waals surface area contributed by atoms with E-state index in [-0.39, 0.29) is 46.3 Å². The summed E-state index contributed by atoms with van der Waals surface area (Å²) in [4.78, 5) is 31.1. The minimum atomic E-state index is -5.31. The summed E-state index contributed by atoms with van der Waals surface area (Å²) in [5.74, 6) is -2.77. The number of β-amino-alcohol motifs (C(OH)–C–C–N with tert-alkyl or cyclic N) is 1. The first-order chi connectivity index (χ1) is 24.0. The standard InChI is InChI=1S/C34H36ClF3N4O8S/c1-40(2)31(44)27-15-22(43)18-41(27)33(25-13-19(5-11-28(25)49-4)17-39-21-7-8-21)24-14-20(35)6-10-26(24)42(32(33)45)51(46,47)30-12-9-23(48-3)16-29(30)50-34(36,37)38/h5-6,9-14,16,21-22,27,39,43H,7-8,15,17-18H2,1-4H3/t22-,27+,33?/m1/s1. The maximum absolute atomic E-state index is 15.5. The largest absolute Gasteiger partial charge is 0.573 e. The number of carbonyl (C=O) groups excluding carboxylic acids is 2. The van der Waals surface area contributed by atoms with Gasteiger partial charge in [0.05, 0.1) is 32.1 Å². The zero-order chi connectivity index (χ0) is 37.0. The van der Waals surface area contributed by atoms with E-state index in [9.17, 15) is 31.5 Å². The second-order valence-corrected chi connectivity index (χ2v) is 15.0. The predicted octanol–water partition coefficient (Wildman–Crippen LogP) is 4.01. The number of fused-ring (bicyclic) bond motifs is 1. The molecule has 17 heteroatoms. The molecule has 0 radical (unpaired) electrons. The number of methoxy groups -OCH3 is 2. The van der Waals surface area contributed by atoms with Crippen LogP contribution in [0.1, 0.15) is 36.0 Å². The molecule has 1 unspecified atom stereocenters. The highest BCUT2D eigenvalue weighted by molar-refractivity contribution is 7.93. The summed E-state index contributed by atoms with van der Waals surface area (Å²) in [7, 11) is 0.314. The van der Waals surface area contributed by atoms with Crippen LogP contribution in [0.2, 0.25) is 5.02 Å². The number of anilines is 1. The number of nitrogens with zero attached hydrogens (tertiary/aromatic N) is 3. The highest BCUT2D eigenvalue weighted by Gasteiger charge is 2.64. The fourth-order valence-electron chi connectivity index (χ4n) is 6.82. The van der Waals surface area contributed by atoms with Gasteiger partial charge in [0.1, 0.15) is 16.4 Å². The Morgan fingerprint density at radius 3 is 2.39 bits per heavy atom. The molecule has 12 nitrogen and oxygen atoms in total. The van der Waals surface area contributed by atoms with Gasteiger partial charge in [0, 0.05) is 55.4 Å². The number of nitrogens with one attached hydrogen (secondary N) is 1. The van der Waals surface area contributed by atoms with Crippen LogP contribution in [-0.4, -0.2) is 94.5 Å². The number of amides is 2. The number of hydrogen-bond donors (Lipinski definition) is 2. The van der Waals surface area contributed by atoms with Crippen LogP contribution in [-0.2, 0) is 31.7 Å². The number of ether oxygens (including phenoxy) is 3. The van der Waals surface area contributed by atoms with Gasteiger partial charge >= 0.3 is 6.36 Å². The first kappa shape index (κ1) is 36.7. The smallest absolute Gasteiger partial charge is 0.497 e. The molecule has 0 aromatic heterocycles. The summed E-state index contributed by atoms with van der Waals surface area (Å²) in [6.07, 6.45) is -4.56. The molecule has 3 aliphatic rings. The van der Waals surface area contributed by atoms with E-state index in [1.165, 1.54) is 56.3 Å². The SMILES string of the molecule is COc1ccc(S(=O)(=O)N2C(=O)C(c3cc(CNC4CC4)ccc3OC)(N3C[C@H](O)C[C@H]3C(=O)N(C)C)c3cc(Cl)ccc32)c(OC(F)(F)F)c1. The molecule has 3 aromatic carbocycles. The lowest BCUT2D eigenvalue weighted by molar-refractivity contribution is -0.275. The zero-order valence-corrected chi connectivity index (χ0v) is 29.6. The lowest BCUT2D eigenvalue weighted by Gasteiger charge is -2.42. The first-order valence-electron chi connectivity index (χ1n) is 15.9. The Bertz CT molecular complexity index is 1980. The van der Waals surface area contributed by atoms with Crippen molar-refractivity contribution in [1.29, 1.82) is 0 Å². The number of alkyl halides is 3. The lowest BCUT2D eigenvalue weighted by atomic mass is 9.80. The molecular weight excluding hydrogens is 717 g/mol. The summed E-state index contributed by atoms with van der Waals surface area (Å²) in [6, 6.07) is 10.9. The second kappa shape index (κ2) is 13.5. The minimum Gasteiger partial charge on any atom is -0.497 e. The highest BCUT2D eigenvalue weighted by atomic mass is 35.5. The molecule has 0 spiro atoms. The van der Waals surface area contributed by atoms with E-state index in [2.05, 4.69) is 10.1 Å². The molecule has 1 saturated heterocycles. The van der Waals surface area contributed by atoms with Crippen LogP contribution in [0.4, 0.5) is 18.9 Å². The Labute approximate surface area is 297 Å². The Balaban J connectivity index is 1.65. The number of sulfonamides is 1. The van der Waals surface area contributed by atoms with E-state index in [4.69, 9.17) is 21.1 Å². The number of hydrogen-bond acceptors (Lipinski definition) is 10. The third-order valence-electron chi connectivity index (χ3n) is 9.22. The number of likely N-dealkylation sites (N-methyl/N-ethyl adjacent to an activating group) is 1. The van der Waals surface area contributed by atoms with E-state index in [0.717, 1.165) is 31.0 Å². The van der Waals surface area contributed by atoms with Crippen LogP contribution in [0.15, 0.2) is 59.5 Å². The number of carbonyl (C=O) groups is 2. The average Bonchev–Trinajstić information content (AvgIpc) is 3.76. The van der Waals surface area contributed by atoms with Crippen molar-refractivity contribution >= 4 is 39.1 Å². The Morgan fingerprint density at radius 2 is 1.76 bits per heavy atom. The number of aliphatic hydroxyl groups excluding tert-OH is 1. The van der Waals surface area contributed by atoms with Crippen molar-refractivity contribution < 1.29 is 50.5 Å². The molecule has 3 atom stereocenters. The summed E-state index contributed by atoms with van der Waals surface area (Å²) in [6.45, 7) is 0.109. The van der Waals surface area contributed by atoms with E-state index in [1.807, 2.05) is 0 Å². The van der Waals surface area contributed by atoms with Gasteiger partial charge in [0.25, 0.3) is 15.9 Å². The molecule has 2 N–H and O–H groups in total. The molecule has 3 aromatic rings. The predicted molar refractivity (Wildman–Crippen MR) is 179 cm³/mol. The van der Waals surface area contributed by atoms with Gasteiger partial charge in [0.2, 0.25) is 5.91 Å². The summed E-state index contributed by atoms with van der Waals surface area (Å²) in [5.41, 5.74) is -1.61. The molecule has 2 heterocycles. The minimum absolute atomic E-state index is 0.00614. The number of likely N-dealkylation sites (tertiary alicyclic amines) is 1. The maximum Gasteiger partial charge on any atom is 0.573 e. The molecule has 2 amide bonds. The third-order valence-corrected chi connectivity index (χ3v) is 11.2. The average molecular weight is 753 g/mol. The van der Waals surface area contributed by atoms with Crippen molar-refractivity contribution in [3.8, 4) is 17.2 Å². The van der Waals surface area contributed by atoms with Crippen LogP contribution in [0.3, 0.4) is 0 Å². The van der Waals surface area contributed by atoms with Gasteiger partial charge in [-0.15, -0.1) is 13.2 Å². The van der Waals surface area contributed by atoms with E-state index < -0.39 is 56.5 Å². The van der Waals surface area contributed by atoms with Gasteiger partial charge in [-0.3, -0.25) is 14.5 Å². The number of rotatable bonds is 11. The van der Waals surface area contributed by atoms with Gasteiger partial charge in [-0.05, 0) is 67.3 Å². The molecule has 2 fully saturated rings. The van der Waals surface area contributed by atoms with Crippen LogP contribution < -0.4 is 23.8 Å². The zero-order valence-electron chi connectivity index (χ0n) is 28.0. The van der Waals surface area contributed by atoms with Crippen molar-refractivity contribution in [2.75, 3.05) is 39.2 Å². The fraction of sp³-hybridized carbons (Fsp3) is 0.412. The topological polar surface area (TPSA) is 138 Å². The highest BCUT2D eigenvalue weighted by Crippen LogP contribution is 2.55. The molecule has 0 bridgehead atoms. The first-order valence-corrected chi connectivity index (χ1v) is 17.7. The van der Waals surface area contributed by atoms with Gasteiger partial charge < -0.3 is 29.5 Å². The van der Waals surface area contributed by atoms with Gasteiger partial charge in [-0.2, -0.15) is 0 Å². The van der Waals surface area contributed by atoms with Gasteiger partial charge in [-0.1, -0.05) is 17.7 Å². The van der Waals surface area contributed by atoms with E-state index in [1.54, 1.807) is 18.2 Å². The monoisotopic (exact) mass is 752 g/mol. The van der Waals surface area contributed by atoms with Crippen molar-refractivity contribution in [3.05, 3.63) is 76.3 Å². The summed E-state index contributed by atoms with van der Waals surface area (Å²) < 4.78 is 85.8. The number of benzene rings is 3. The Hall–Kier alpha value is -4.09. The lowest BCUT2D eigenvalue weighted by Crippen LogP contribution is -2.59. The molecular formula is C34H36ClF3N4O8S. The third kappa shape index (κ3) is 6.59. The van der Waals surface area contributed by atoms with Crippen molar-refractivity contribution in [2.24, 2.45) is 0 Å². The number of halogens is 4. The Morgan fingerprint density at radius 1 is 1.04 bits per heavy atom. The van der Waals surface area contributed by atoms with Crippen LogP contribution in [0.25, 0.3) is 0 Å². The summed E-state index contributed by atoms with van der Waals surface area (Å²) >= 11 is 6.55. The number of aliphatic hydroxyl groups is 1. The Kier molecular flexibility index (Phi) is 9.69. The van der Waals surface area contributed by atoms with Gasteiger partial charge in [0.15, 0.2) is 11.3 Å². The maximum atomic E-state index is 15.5. The molecule has 51 heavy (non-hydrogen) atoms. The van der Waals surface area contributed by atoms with Crippen molar-refractivity contribution in [3.63, 3.8) is 0 Å². The molecule has 1 aliphatic carbocycles. The quantitative estimate of drug-likeness (QED) is 0.296.